The smallest absolute Gasteiger partial charge is 0.0940 e. The third kappa shape index (κ3) is 2.70. The highest BCUT2D eigenvalue weighted by molar-refractivity contribution is 5.86. The minimum atomic E-state index is -0.831. The Hall–Kier alpha value is -2.12. The lowest BCUT2D eigenvalue weighted by atomic mass is 9.82. The molecule has 0 fully saturated rings. The third-order valence-corrected chi connectivity index (χ3v) is 4.22. The molecule has 1 heteroatoms. The van der Waals surface area contributed by atoms with E-state index in [1.807, 2.05) is 43.3 Å². The van der Waals surface area contributed by atoms with Crippen molar-refractivity contribution < 1.29 is 5.11 Å². The molecule has 3 rings (SSSR count). The largest absolute Gasteiger partial charge is 0.385 e. The van der Waals surface area contributed by atoms with E-state index in [4.69, 9.17) is 0 Å². The van der Waals surface area contributed by atoms with E-state index in [2.05, 4.69) is 36.4 Å². The first kappa shape index (κ1) is 13.8. The molecule has 21 heavy (non-hydrogen) atoms. The van der Waals surface area contributed by atoms with E-state index in [9.17, 15) is 5.11 Å². The second-order valence-corrected chi connectivity index (χ2v) is 5.57. The Morgan fingerprint density at radius 1 is 0.810 bits per heavy atom. The van der Waals surface area contributed by atoms with Crippen LogP contribution in [-0.4, -0.2) is 5.11 Å². The molecule has 0 aromatic heterocycles. The van der Waals surface area contributed by atoms with Crippen LogP contribution in [-0.2, 0) is 12.0 Å². The summed E-state index contributed by atoms with van der Waals surface area (Å²) in [4.78, 5) is 0. The van der Waals surface area contributed by atoms with E-state index in [0.29, 0.717) is 12.8 Å². The van der Waals surface area contributed by atoms with E-state index >= 15 is 0 Å². The molecule has 0 heterocycles. The summed E-state index contributed by atoms with van der Waals surface area (Å²) >= 11 is 0. The van der Waals surface area contributed by atoms with Gasteiger partial charge in [0.05, 0.1) is 5.60 Å². The second-order valence-electron chi connectivity index (χ2n) is 5.57. The van der Waals surface area contributed by atoms with Crippen molar-refractivity contribution in [2.45, 2.75) is 25.4 Å². The molecule has 0 aliphatic rings. The number of rotatable bonds is 4. The summed E-state index contributed by atoms with van der Waals surface area (Å²) in [6.45, 7) is 2.05. The first-order chi connectivity index (χ1) is 10.2. The molecular formula is C20H20O. The predicted octanol–water partition coefficient (Wildman–Crippen LogP) is 4.68. The molecule has 0 saturated carbocycles. The van der Waals surface area contributed by atoms with Crippen molar-refractivity contribution in [1.82, 2.24) is 0 Å². The first-order valence-electron chi connectivity index (χ1n) is 7.47. The van der Waals surface area contributed by atoms with Crippen molar-refractivity contribution in [1.29, 1.82) is 0 Å². The van der Waals surface area contributed by atoms with Crippen LogP contribution in [0.25, 0.3) is 10.8 Å². The Kier molecular flexibility index (Phi) is 3.76. The number of hydrogen-bond donors (Lipinski definition) is 1. The van der Waals surface area contributed by atoms with Gasteiger partial charge in [-0.15, -0.1) is 0 Å². The van der Waals surface area contributed by atoms with Gasteiger partial charge in [0.2, 0.25) is 0 Å². The molecule has 1 atom stereocenters. The van der Waals surface area contributed by atoms with Gasteiger partial charge in [0, 0.05) is 6.42 Å². The summed E-state index contributed by atoms with van der Waals surface area (Å²) < 4.78 is 0. The van der Waals surface area contributed by atoms with E-state index in [0.717, 1.165) is 16.5 Å². The molecule has 0 amide bonds. The lowest BCUT2D eigenvalue weighted by Gasteiger charge is -2.29. The van der Waals surface area contributed by atoms with E-state index < -0.39 is 5.60 Å². The van der Waals surface area contributed by atoms with Crippen LogP contribution in [0.2, 0.25) is 0 Å². The number of benzene rings is 3. The normalized spacial score (nSPS) is 14.0. The standard InChI is InChI=1S/C20H20O/c1-2-20(21,15-16-9-4-3-5-10-16)19-14-8-12-17-11-6-7-13-18(17)19/h3-14,21H,2,15H2,1H3. The molecule has 0 radical (unpaired) electrons. The summed E-state index contributed by atoms with van der Waals surface area (Å²) in [6.07, 6.45) is 1.33. The minimum absolute atomic E-state index is 0.637. The summed E-state index contributed by atoms with van der Waals surface area (Å²) in [7, 11) is 0. The quantitative estimate of drug-likeness (QED) is 0.733. The van der Waals surface area contributed by atoms with E-state index in [-0.39, 0.29) is 0 Å². The fraction of sp³-hybridized carbons (Fsp3) is 0.200. The van der Waals surface area contributed by atoms with Gasteiger partial charge >= 0.3 is 0 Å². The van der Waals surface area contributed by atoms with Gasteiger partial charge in [-0.25, -0.2) is 0 Å². The molecule has 3 aromatic carbocycles. The van der Waals surface area contributed by atoms with Gasteiger partial charge in [0.25, 0.3) is 0 Å². The zero-order chi connectivity index (χ0) is 14.7. The molecule has 1 N–H and O–H groups in total. The van der Waals surface area contributed by atoms with Crippen molar-refractivity contribution in [2.75, 3.05) is 0 Å². The van der Waals surface area contributed by atoms with Gasteiger partial charge < -0.3 is 5.11 Å². The molecule has 1 unspecified atom stereocenters. The lowest BCUT2D eigenvalue weighted by Crippen LogP contribution is -2.28. The van der Waals surface area contributed by atoms with Crippen LogP contribution in [0.5, 0.6) is 0 Å². The van der Waals surface area contributed by atoms with Crippen LogP contribution < -0.4 is 0 Å². The van der Waals surface area contributed by atoms with Crippen LogP contribution in [0.1, 0.15) is 24.5 Å². The van der Waals surface area contributed by atoms with Crippen LogP contribution in [0, 0.1) is 0 Å². The van der Waals surface area contributed by atoms with Crippen molar-refractivity contribution in [2.24, 2.45) is 0 Å². The third-order valence-electron chi connectivity index (χ3n) is 4.22. The lowest BCUT2D eigenvalue weighted by molar-refractivity contribution is 0.0342. The fourth-order valence-corrected chi connectivity index (χ4v) is 2.98. The molecule has 1 nitrogen and oxygen atoms in total. The molecule has 0 saturated heterocycles. The zero-order valence-electron chi connectivity index (χ0n) is 12.3. The van der Waals surface area contributed by atoms with E-state index in [1.54, 1.807) is 0 Å². The van der Waals surface area contributed by atoms with Gasteiger partial charge in [-0.05, 0) is 28.3 Å². The van der Waals surface area contributed by atoms with Gasteiger partial charge in [0.15, 0.2) is 0 Å². The molecule has 0 aliphatic carbocycles. The number of hydrogen-bond acceptors (Lipinski definition) is 1. The predicted molar refractivity (Wildman–Crippen MR) is 88.3 cm³/mol. The van der Waals surface area contributed by atoms with Crippen molar-refractivity contribution >= 4 is 10.8 Å². The summed E-state index contributed by atoms with van der Waals surface area (Å²) in [5.74, 6) is 0. The molecule has 0 aliphatic heterocycles. The monoisotopic (exact) mass is 276 g/mol. The van der Waals surface area contributed by atoms with Crippen LogP contribution in [0.3, 0.4) is 0 Å². The van der Waals surface area contributed by atoms with Gasteiger partial charge in [-0.2, -0.15) is 0 Å². The Balaban J connectivity index is 2.09. The average molecular weight is 276 g/mol. The number of aliphatic hydroxyl groups is 1. The fourth-order valence-electron chi connectivity index (χ4n) is 2.98. The maximum absolute atomic E-state index is 11.2. The maximum Gasteiger partial charge on any atom is 0.0940 e. The second kappa shape index (κ2) is 5.71. The molecule has 106 valence electrons. The maximum atomic E-state index is 11.2. The Bertz CT molecular complexity index is 728. The van der Waals surface area contributed by atoms with Crippen LogP contribution in [0.15, 0.2) is 72.8 Å². The van der Waals surface area contributed by atoms with Gasteiger partial charge in [-0.3, -0.25) is 0 Å². The highest BCUT2D eigenvalue weighted by Gasteiger charge is 2.29. The summed E-state index contributed by atoms with van der Waals surface area (Å²) in [6, 6.07) is 24.6. The highest BCUT2D eigenvalue weighted by atomic mass is 16.3. The molecule has 0 spiro atoms. The topological polar surface area (TPSA) is 20.2 Å². The zero-order valence-corrected chi connectivity index (χ0v) is 12.3. The van der Waals surface area contributed by atoms with Gasteiger partial charge in [-0.1, -0.05) is 79.7 Å². The number of fused-ring (bicyclic) bond motifs is 1. The highest BCUT2D eigenvalue weighted by Crippen LogP contribution is 2.34. The van der Waals surface area contributed by atoms with Crippen LogP contribution >= 0.6 is 0 Å². The van der Waals surface area contributed by atoms with E-state index in [1.165, 1.54) is 5.39 Å². The molecule has 3 aromatic rings. The minimum Gasteiger partial charge on any atom is -0.385 e. The average Bonchev–Trinajstić information content (AvgIpc) is 2.55. The van der Waals surface area contributed by atoms with Crippen molar-refractivity contribution in [3.8, 4) is 0 Å². The van der Waals surface area contributed by atoms with Crippen LogP contribution in [0.4, 0.5) is 0 Å². The Labute approximate surface area is 125 Å². The summed E-state index contributed by atoms with van der Waals surface area (Å²) in [5, 5.41) is 13.6. The van der Waals surface area contributed by atoms with Crippen molar-refractivity contribution in [3.63, 3.8) is 0 Å². The summed E-state index contributed by atoms with van der Waals surface area (Å²) in [5.41, 5.74) is 1.35. The Morgan fingerprint density at radius 2 is 1.48 bits per heavy atom. The molecule has 0 bridgehead atoms. The molecular weight excluding hydrogens is 256 g/mol. The SMILES string of the molecule is CCC(O)(Cc1ccccc1)c1cccc2ccccc12. The van der Waals surface area contributed by atoms with Crippen molar-refractivity contribution in [3.05, 3.63) is 83.9 Å². The van der Waals surface area contributed by atoms with Gasteiger partial charge in [0.1, 0.15) is 0 Å². The Morgan fingerprint density at radius 3 is 2.24 bits per heavy atom. The first-order valence-corrected chi connectivity index (χ1v) is 7.47.